The van der Waals surface area contributed by atoms with Crippen molar-refractivity contribution in [1.29, 1.82) is 0 Å². The topological polar surface area (TPSA) is 65.6 Å². The minimum absolute atomic E-state index is 0.289. The van der Waals surface area contributed by atoms with Crippen molar-refractivity contribution in [2.45, 2.75) is 0 Å². The van der Waals surface area contributed by atoms with Crippen LogP contribution in [-0.2, 0) is 0 Å². The van der Waals surface area contributed by atoms with E-state index in [0.717, 1.165) is 0 Å². The van der Waals surface area contributed by atoms with Gasteiger partial charge in [0.1, 0.15) is 6.33 Å². The van der Waals surface area contributed by atoms with Crippen LogP contribution in [0, 0.1) is 0 Å². The molecule has 1 aromatic rings. The Labute approximate surface area is 64.0 Å². The number of aromatic amines is 1. The van der Waals surface area contributed by atoms with E-state index in [1.807, 2.05) is 0 Å². The molecule has 50 valence electrons. The van der Waals surface area contributed by atoms with Gasteiger partial charge in [-0.15, -0.1) is 0 Å². The summed E-state index contributed by atoms with van der Waals surface area (Å²) in [7, 11) is 4.97. The van der Waals surface area contributed by atoms with Gasteiger partial charge in [-0.2, -0.15) is 10.1 Å². The second kappa shape index (κ2) is 3.16. The second-order valence-electron chi connectivity index (χ2n) is 1.43. The van der Waals surface area contributed by atoms with Gasteiger partial charge in [-0.3, -0.25) is 0 Å². The van der Waals surface area contributed by atoms with E-state index >= 15 is 0 Å². The first-order valence-electron chi connectivity index (χ1n) is 2.46. The normalized spacial score (nSPS) is 8.80. The van der Waals surface area contributed by atoms with Crippen LogP contribution < -0.4 is 10.5 Å². The van der Waals surface area contributed by atoms with Crippen molar-refractivity contribution in [1.82, 2.24) is 20.4 Å². The molecule has 0 bridgehead atoms. The van der Waals surface area contributed by atoms with Crippen molar-refractivity contribution in [3.63, 3.8) is 0 Å². The van der Waals surface area contributed by atoms with Gasteiger partial charge in [0.2, 0.25) is 13.9 Å². The van der Waals surface area contributed by atoms with Gasteiger partial charge in [-0.25, -0.2) is 5.10 Å². The molecule has 2 radical (unpaired) electrons. The van der Waals surface area contributed by atoms with Crippen LogP contribution >= 0.6 is 12.2 Å². The van der Waals surface area contributed by atoms with E-state index in [1.165, 1.54) is 6.33 Å². The van der Waals surface area contributed by atoms with Gasteiger partial charge in [0.15, 0.2) is 5.11 Å². The summed E-state index contributed by atoms with van der Waals surface area (Å²) in [5.41, 5.74) is 0. The van der Waals surface area contributed by atoms with E-state index in [-0.39, 0.29) is 5.11 Å². The third-order valence-electron chi connectivity index (χ3n) is 0.778. The number of H-pyrrole nitrogens is 1. The molecule has 0 spiro atoms. The molecule has 0 aliphatic heterocycles. The standard InChI is InChI=1S/C3H4BN5S/c4-8-3(10)7-2-5-1-6-9-2/h1H,(H3,5,6,7,8,9,10). The molecule has 5 nitrogen and oxygen atoms in total. The summed E-state index contributed by atoms with van der Waals surface area (Å²) in [6.45, 7) is 0. The van der Waals surface area contributed by atoms with Gasteiger partial charge in [0, 0.05) is 0 Å². The Morgan fingerprint density at radius 2 is 2.60 bits per heavy atom. The maximum atomic E-state index is 4.97. The van der Waals surface area contributed by atoms with Crippen LogP contribution in [0.25, 0.3) is 0 Å². The van der Waals surface area contributed by atoms with Gasteiger partial charge in [-0.05, 0) is 12.2 Å². The summed E-state index contributed by atoms with van der Waals surface area (Å²) >= 11 is 4.67. The molecule has 7 heteroatoms. The van der Waals surface area contributed by atoms with E-state index in [4.69, 9.17) is 7.98 Å². The number of hydrogen-bond acceptors (Lipinski definition) is 3. The lowest BCUT2D eigenvalue weighted by Gasteiger charge is -2.00. The summed E-state index contributed by atoms with van der Waals surface area (Å²) in [4.78, 5) is 3.74. The summed E-state index contributed by atoms with van der Waals surface area (Å²) in [5.74, 6) is 0.461. The fourth-order valence-electron chi connectivity index (χ4n) is 0.409. The first kappa shape index (κ1) is 7.01. The van der Waals surface area contributed by atoms with Gasteiger partial charge in [-0.1, -0.05) is 0 Å². The third-order valence-corrected chi connectivity index (χ3v) is 0.998. The molecule has 1 heterocycles. The summed E-state index contributed by atoms with van der Waals surface area (Å²) < 4.78 is 0. The van der Waals surface area contributed by atoms with Crippen LogP contribution in [0.1, 0.15) is 0 Å². The van der Waals surface area contributed by atoms with Crippen LogP contribution in [0.3, 0.4) is 0 Å². The smallest absolute Gasteiger partial charge is 0.225 e. The van der Waals surface area contributed by atoms with Crippen LogP contribution in [0.5, 0.6) is 0 Å². The van der Waals surface area contributed by atoms with Crippen molar-refractivity contribution < 1.29 is 0 Å². The molecule has 0 amide bonds. The fraction of sp³-hybridized carbons (Fsp3) is 0. The largest absolute Gasteiger partial charge is 0.415 e. The second-order valence-corrected chi connectivity index (χ2v) is 1.84. The number of aromatic nitrogens is 3. The number of nitrogens with one attached hydrogen (secondary N) is 3. The number of rotatable bonds is 1. The molecule has 0 saturated heterocycles. The van der Waals surface area contributed by atoms with Crippen LogP contribution in [0.2, 0.25) is 0 Å². The first-order chi connectivity index (χ1) is 4.83. The highest BCUT2D eigenvalue weighted by Gasteiger charge is 1.94. The van der Waals surface area contributed by atoms with Crippen LogP contribution in [0.15, 0.2) is 6.33 Å². The van der Waals surface area contributed by atoms with E-state index in [1.54, 1.807) is 0 Å². The van der Waals surface area contributed by atoms with Gasteiger partial charge in [0.25, 0.3) is 0 Å². The van der Waals surface area contributed by atoms with Gasteiger partial charge >= 0.3 is 0 Å². The molecule has 3 N–H and O–H groups in total. The molecule has 0 atom stereocenters. The van der Waals surface area contributed by atoms with E-state index < -0.39 is 0 Å². The Morgan fingerprint density at radius 1 is 1.80 bits per heavy atom. The maximum absolute atomic E-state index is 4.97. The van der Waals surface area contributed by atoms with Gasteiger partial charge in [0.05, 0.1) is 0 Å². The minimum Gasteiger partial charge on any atom is -0.415 e. The molecule has 0 fully saturated rings. The van der Waals surface area contributed by atoms with Crippen LogP contribution in [0.4, 0.5) is 5.95 Å². The van der Waals surface area contributed by atoms with Crippen molar-refractivity contribution in [2.24, 2.45) is 0 Å². The average Bonchev–Trinajstić information content (AvgIpc) is 2.40. The Morgan fingerprint density at radius 3 is 3.10 bits per heavy atom. The molecular weight excluding hydrogens is 149 g/mol. The predicted molar refractivity (Wildman–Crippen MR) is 41.5 cm³/mol. The molecule has 0 aliphatic carbocycles. The zero-order valence-corrected chi connectivity index (χ0v) is 5.77. The minimum atomic E-state index is 0.289. The monoisotopic (exact) mass is 153 g/mol. The summed E-state index contributed by atoms with van der Waals surface area (Å²) in [5, 5.41) is 11.3. The molecule has 0 aliphatic rings. The Kier molecular flexibility index (Phi) is 2.22. The van der Waals surface area contributed by atoms with Crippen molar-refractivity contribution >= 4 is 31.3 Å². The molecule has 0 unspecified atom stereocenters. The predicted octanol–water partition coefficient (Wildman–Crippen LogP) is -0.825. The molecule has 0 aromatic carbocycles. The lowest BCUT2D eigenvalue weighted by Crippen LogP contribution is -2.26. The lowest BCUT2D eigenvalue weighted by atomic mass is 10.4. The average molecular weight is 153 g/mol. The SMILES string of the molecule is [B]NC(=S)Nc1ncn[nH]1. The summed E-state index contributed by atoms with van der Waals surface area (Å²) in [6.07, 6.45) is 1.36. The van der Waals surface area contributed by atoms with Crippen molar-refractivity contribution in [3.05, 3.63) is 6.33 Å². The highest BCUT2D eigenvalue weighted by molar-refractivity contribution is 7.80. The number of hydrogen-bond donors (Lipinski definition) is 3. The molecular formula is C3H4BN5S. The molecule has 1 aromatic heterocycles. The van der Waals surface area contributed by atoms with Gasteiger partial charge < -0.3 is 10.5 Å². The Bertz CT molecular complexity index is 209. The number of anilines is 1. The summed E-state index contributed by atoms with van der Waals surface area (Å²) in [6, 6.07) is 0. The van der Waals surface area contributed by atoms with E-state index in [2.05, 4.69) is 37.9 Å². The Balaban J connectivity index is 2.48. The third kappa shape index (κ3) is 1.69. The fourth-order valence-corrected chi connectivity index (χ4v) is 0.506. The number of thiocarbonyl (C=S) groups is 1. The number of nitrogens with zero attached hydrogens (tertiary/aromatic N) is 2. The van der Waals surface area contributed by atoms with Crippen LogP contribution in [-0.4, -0.2) is 28.3 Å². The van der Waals surface area contributed by atoms with E-state index in [9.17, 15) is 0 Å². The van der Waals surface area contributed by atoms with Crippen molar-refractivity contribution in [2.75, 3.05) is 5.32 Å². The zero-order chi connectivity index (χ0) is 7.40. The highest BCUT2D eigenvalue weighted by atomic mass is 32.1. The molecule has 1 rings (SSSR count). The quantitative estimate of drug-likeness (QED) is 0.363. The maximum Gasteiger partial charge on any atom is 0.225 e. The highest BCUT2D eigenvalue weighted by Crippen LogP contribution is 1.90. The molecule has 0 saturated carbocycles. The molecule has 10 heavy (non-hydrogen) atoms. The lowest BCUT2D eigenvalue weighted by molar-refractivity contribution is 1.09. The first-order valence-corrected chi connectivity index (χ1v) is 2.86. The Hall–Kier alpha value is -1.11. The van der Waals surface area contributed by atoms with E-state index in [0.29, 0.717) is 5.95 Å². The van der Waals surface area contributed by atoms with Crippen molar-refractivity contribution in [3.8, 4) is 0 Å². The zero-order valence-electron chi connectivity index (χ0n) is 4.96.